The molecule has 1 aromatic heterocycles. The number of rotatable bonds is 2. The van der Waals surface area contributed by atoms with Crippen LogP contribution in [0.5, 0.6) is 5.75 Å². The minimum Gasteiger partial charge on any atom is -0.488 e. The van der Waals surface area contributed by atoms with Crippen LogP contribution in [-0.4, -0.2) is 23.8 Å². The molecule has 0 amide bonds. The molecular weight excluding hydrogens is 188 g/mol. The van der Waals surface area contributed by atoms with Crippen molar-refractivity contribution in [3.8, 4) is 5.75 Å². The highest BCUT2D eigenvalue weighted by atomic mass is 16.5. The summed E-state index contributed by atoms with van der Waals surface area (Å²) in [5.41, 5.74) is 1.22. The quantitative estimate of drug-likeness (QED) is 0.799. The molecule has 0 aliphatic carbocycles. The fourth-order valence-electron chi connectivity index (χ4n) is 1.85. The Hall–Kier alpha value is -1.48. The highest BCUT2D eigenvalue weighted by Gasteiger charge is 2.18. The lowest BCUT2D eigenvalue weighted by Gasteiger charge is -2.27. The molecule has 2 aromatic rings. The molecule has 0 bridgehead atoms. The van der Waals surface area contributed by atoms with Gasteiger partial charge in [-0.25, -0.2) is 0 Å². The standard InChI is InChI=1S/C12H14N2O/c1-14-5-4-9-2-3-10(6-12(9)14)15-11-7-13-8-11/h2-6,11,13H,7-8H2,1H3. The molecule has 3 rings (SSSR count). The van der Waals surface area contributed by atoms with Crippen molar-refractivity contribution in [1.29, 1.82) is 0 Å². The predicted octanol–water partition coefficient (Wildman–Crippen LogP) is 1.53. The van der Waals surface area contributed by atoms with Gasteiger partial charge in [-0.2, -0.15) is 0 Å². The van der Waals surface area contributed by atoms with Gasteiger partial charge in [0.2, 0.25) is 0 Å². The maximum atomic E-state index is 5.81. The van der Waals surface area contributed by atoms with Gasteiger partial charge in [0, 0.05) is 32.4 Å². The van der Waals surface area contributed by atoms with Gasteiger partial charge in [0.05, 0.1) is 5.52 Å². The van der Waals surface area contributed by atoms with Crippen LogP contribution in [0.3, 0.4) is 0 Å². The van der Waals surface area contributed by atoms with E-state index in [4.69, 9.17) is 4.74 Å². The average molecular weight is 202 g/mol. The summed E-state index contributed by atoms with van der Waals surface area (Å²) in [4.78, 5) is 0. The Morgan fingerprint density at radius 3 is 2.93 bits per heavy atom. The Balaban J connectivity index is 1.93. The van der Waals surface area contributed by atoms with Crippen LogP contribution in [0.15, 0.2) is 30.5 Å². The number of fused-ring (bicyclic) bond motifs is 1. The highest BCUT2D eigenvalue weighted by Crippen LogP contribution is 2.22. The fourth-order valence-corrected chi connectivity index (χ4v) is 1.85. The van der Waals surface area contributed by atoms with Gasteiger partial charge in [-0.3, -0.25) is 0 Å². The summed E-state index contributed by atoms with van der Waals surface area (Å²) in [5, 5.41) is 4.46. The Kier molecular flexibility index (Phi) is 1.92. The van der Waals surface area contributed by atoms with E-state index in [1.54, 1.807) is 0 Å². The first kappa shape index (κ1) is 8.80. The molecule has 0 unspecified atom stereocenters. The first-order valence-corrected chi connectivity index (χ1v) is 5.25. The van der Waals surface area contributed by atoms with Crippen molar-refractivity contribution in [2.45, 2.75) is 6.10 Å². The van der Waals surface area contributed by atoms with Crippen molar-refractivity contribution >= 4 is 10.9 Å². The van der Waals surface area contributed by atoms with Crippen molar-refractivity contribution in [2.75, 3.05) is 13.1 Å². The molecule has 3 heteroatoms. The number of hydrogen-bond donors (Lipinski definition) is 1. The van der Waals surface area contributed by atoms with Crippen molar-refractivity contribution in [3.05, 3.63) is 30.5 Å². The summed E-state index contributed by atoms with van der Waals surface area (Å²) in [6.07, 6.45) is 2.42. The molecule has 15 heavy (non-hydrogen) atoms. The third-order valence-corrected chi connectivity index (χ3v) is 2.91. The zero-order chi connectivity index (χ0) is 10.3. The summed E-state index contributed by atoms with van der Waals surface area (Å²) >= 11 is 0. The van der Waals surface area contributed by atoms with E-state index in [1.807, 2.05) is 6.07 Å². The predicted molar refractivity (Wildman–Crippen MR) is 60.2 cm³/mol. The van der Waals surface area contributed by atoms with Gasteiger partial charge in [-0.05, 0) is 23.6 Å². The first-order chi connectivity index (χ1) is 7.33. The molecule has 0 atom stereocenters. The van der Waals surface area contributed by atoms with E-state index in [0.29, 0.717) is 6.10 Å². The number of aromatic nitrogens is 1. The fraction of sp³-hybridized carbons (Fsp3) is 0.333. The number of hydrogen-bond acceptors (Lipinski definition) is 2. The van der Waals surface area contributed by atoms with Crippen LogP contribution in [-0.2, 0) is 7.05 Å². The van der Waals surface area contributed by atoms with Crippen LogP contribution in [0.25, 0.3) is 10.9 Å². The van der Waals surface area contributed by atoms with Crippen LogP contribution in [0.4, 0.5) is 0 Å². The van der Waals surface area contributed by atoms with Crippen molar-refractivity contribution in [3.63, 3.8) is 0 Å². The van der Waals surface area contributed by atoms with E-state index in [-0.39, 0.29) is 0 Å². The van der Waals surface area contributed by atoms with E-state index < -0.39 is 0 Å². The van der Waals surface area contributed by atoms with Gasteiger partial charge in [0.1, 0.15) is 11.9 Å². The molecule has 1 fully saturated rings. The van der Waals surface area contributed by atoms with Crippen molar-refractivity contribution in [2.24, 2.45) is 7.05 Å². The van der Waals surface area contributed by atoms with E-state index in [2.05, 4.69) is 41.3 Å². The zero-order valence-corrected chi connectivity index (χ0v) is 8.73. The molecule has 2 heterocycles. The van der Waals surface area contributed by atoms with Gasteiger partial charge < -0.3 is 14.6 Å². The Morgan fingerprint density at radius 2 is 2.20 bits per heavy atom. The van der Waals surface area contributed by atoms with Gasteiger partial charge in [0.25, 0.3) is 0 Å². The summed E-state index contributed by atoms with van der Waals surface area (Å²) in [6, 6.07) is 8.37. The van der Waals surface area contributed by atoms with E-state index >= 15 is 0 Å². The Bertz CT molecular complexity index is 485. The van der Waals surface area contributed by atoms with Crippen LogP contribution in [0.2, 0.25) is 0 Å². The van der Waals surface area contributed by atoms with Gasteiger partial charge >= 0.3 is 0 Å². The summed E-state index contributed by atoms with van der Waals surface area (Å²) < 4.78 is 7.92. The third kappa shape index (κ3) is 1.49. The van der Waals surface area contributed by atoms with Crippen LogP contribution in [0.1, 0.15) is 0 Å². The van der Waals surface area contributed by atoms with Crippen molar-refractivity contribution in [1.82, 2.24) is 9.88 Å². The number of nitrogens with zero attached hydrogens (tertiary/aromatic N) is 1. The summed E-state index contributed by atoms with van der Waals surface area (Å²) in [5.74, 6) is 0.968. The van der Waals surface area contributed by atoms with E-state index in [1.165, 1.54) is 10.9 Å². The Morgan fingerprint density at radius 1 is 1.33 bits per heavy atom. The molecule has 0 saturated carbocycles. The van der Waals surface area contributed by atoms with Crippen molar-refractivity contribution < 1.29 is 4.74 Å². The second-order valence-electron chi connectivity index (χ2n) is 4.05. The molecule has 3 nitrogen and oxygen atoms in total. The number of ether oxygens (including phenoxy) is 1. The number of benzene rings is 1. The monoisotopic (exact) mass is 202 g/mol. The van der Waals surface area contributed by atoms with Crippen LogP contribution >= 0.6 is 0 Å². The van der Waals surface area contributed by atoms with Gasteiger partial charge in [0.15, 0.2) is 0 Å². The van der Waals surface area contributed by atoms with Gasteiger partial charge in [-0.1, -0.05) is 0 Å². The molecule has 1 saturated heterocycles. The largest absolute Gasteiger partial charge is 0.488 e. The molecule has 1 aliphatic rings. The minimum absolute atomic E-state index is 0.350. The number of aryl methyl sites for hydroxylation is 1. The number of nitrogens with one attached hydrogen (secondary N) is 1. The lowest BCUT2D eigenvalue weighted by atomic mass is 10.2. The molecule has 0 radical (unpaired) electrons. The average Bonchev–Trinajstić information content (AvgIpc) is 2.55. The molecule has 1 N–H and O–H groups in total. The van der Waals surface area contributed by atoms with Crippen LogP contribution < -0.4 is 10.1 Å². The molecule has 0 spiro atoms. The molecular formula is C12H14N2O. The third-order valence-electron chi connectivity index (χ3n) is 2.91. The SMILES string of the molecule is Cn1ccc2ccc(OC3CNC3)cc21. The van der Waals surface area contributed by atoms with E-state index in [9.17, 15) is 0 Å². The smallest absolute Gasteiger partial charge is 0.123 e. The lowest BCUT2D eigenvalue weighted by molar-refractivity contribution is 0.142. The Labute approximate surface area is 88.6 Å². The summed E-state index contributed by atoms with van der Waals surface area (Å²) in [7, 11) is 2.05. The maximum absolute atomic E-state index is 5.81. The lowest BCUT2D eigenvalue weighted by Crippen LogP contribution is -2.50. The second-order valence-corrected chi connectivity index (χ2v) is 4.05. The maximum Gasteiger partial charge on any atom is 0.123 e. The zero-order valence-electron chi connectivity index (χ0n) is 8.73. The topological polar surface area (TPSA) is 26.2 Å². The highest BCUT2D eigenvalue weighted by molar-refractivity contribution is 5.81. The van der Waals surface area contributed by atoms with E-state index in [0.717, 1.165) is 18.8 Å². The molecule has 1 aliphatic heterocycles. The van der Waals surface area contributed by atoms with Gasteiger partial charge in [-0.15, -0.1) is 0 Å². The minimum atomic E-state index is 0.350. The normalized spacial score (nSPS) is 16.6. The molecule has 1 aromatic carbocycles. The molecule has 78 valence electrons. The van der Waals surface area contributed by atoms with Crippen LogP contribution in [0, 0.1) is 0 Å². The summed E-state index contributed by atoms with van der Waals surface area (Å²) in [6.45, 7) is 1.93. The second kappa shape index (κ2) is 3.28. The first-order valence-electron chi connectivity index (χ1n) is 5.25.